The lowest BCUT2D eigenvalue weighted by Gasteiger charge is -2.21. The van der Waals surface area contributed by atoms with Gasteiger partial charge in [0.25, 0.3) is 10.1 Å². The van der Waals surface area contributed by atoms with Crippen LogP contribution in [0, 0.1) is 0 Å². The van der Waals surface area contributed by atoms with Crippen molar-refractivity contribution in [3.8, 4) is 0 Å². The molecule has 2 unspecified atom stereocenters. The van der Waals surface area contributed by atoms with E-state index in [2.05, 4.69) is 116 Å². The molecule has 306 valence electrons. The van der Waals surface area contributed by atoms with Gasteiger partial charge in [0.1, 0.15) is 0 Å². The molecule has 0 spiro atoms. The highest BCUT2D eigenvalue weighted by Gasteiger charge is 2.24. The van der Waals surface area contributed by atoms with Crippen LogP contribution in [0.4, 0.5) is 0 Å². The number of nitrogens with one attached hydrogen (secondary N) is 1. The van der Waals surface area contributed by atoms with E-state index in [-0.39, 0.29) is 12.3 Å². The van der Waals surface area contributed by atoms with Gasteiger partial charge < -0.3 is 10.4 Å². The van der Waals surface area contributed by atoms with E-state index < -0.39 is 28.0 Å². The largest absolute Gasteiger partial charge is 0.387 e. The van der Waals surface area contributed by atoms with Gasteiger partial charge in [0.05, 0.1) is 17.9 Å². The Labute approximate surface area is 331 Å². The first-order valence-corrected chi connectivity index (χ1v) is 22.7. The third-order valence-corrected chi connectivity index (χ3v) is 9.44. The van der Waals surface area contributed by atoms with Gasteiger partial charge in [-0.1, -0.05) is 168 Å². The van der Waals surface area contributed by atoms with Gasteiger partial charge in [0.15, 0.2) is 0 Å². The predicted molar refractivity (Wildman–Crippen MR) is 234 cm³/mol. The van der Waals surface area contributed by atoms with Gasteiger partial charge in [0.2, 0.25) is 5.91 Å². The number of aliphatic hydroxyl groups excluding tert-OH is 1. The number of amides is 1. The molecule has 0 aromatic rings. The molecule has 0 aliphatic rings. The average molecular weight is 768 g/mol. The molecule has 0 fully saturated rings. The van der Waals surface area contributed by atoms with Crippen LogP contribution in [0.15, 0.2) is 109 Å². The van der Waals surface area contributed by atoms with Gasteiger partial charge in [-0.25, -0.2) is 0 Å². The Hall–Kier alpha value is -3.00. The second kappa shape index (κ2) is 39.7. The Balaban J connectivity index is 4.12. The normalized spacial score (nSPS) is 14.4. The fraction of sp³-hybridized carbons (Fsp3) is 0.596. The summed E-state index contributed by atoms with van der Waals surface area (Å²) in [4.78, 5) is 12.5. The minimum absolute atomic E-state index is 0.222. The molecule has 3 N–H and O–H groups in total. The number of hydrogen-bond acceptors (Lipinski definition) is 4. The summed E-state index contributed by atoms with van der Waals surface area (Å²) in [5.74, 6) is -1.08. The third-order valence-electron chi connectivity index (χ3n) is 8.66. The highest BCUT2D eigenvalue weighted by Crippen LogP contribution is 2.11. The molecule has 0 rings (SSSR count). The van der Waals surface area contributed by atoms with Crippen molar-refractivity contribution in [2.45, 2.75) is 174 Å². The zero-order valence-corrected chi connectivity index (χ0v) is 34.9. The zero-order valence-electron chi connectivity index (χ0n) is 34.0. The molecule has 0 saturated carbocycles. The average Bonchev–Trinajstić information content (AvgIpc) is 3.14. The smallest absolute Gasteiger partial charge is 0.267 e. The maximum absolute atomic E-state index is 12.5. The lowest BCUT2D eigenvalue weighted by Crippen LogP contribution is -2.46. The van der Waals surface area contributed by atoms with Gasteiger partial charge in [-0.15, -0.1) is 0 Å². The molecule has 0 heterocycles. The van der Waals surface area contributed by atoms with Crippen LogP contribution in [0.3, 0.4) is 0 Å². The number of rotatable bonds is 36. The van der Waals surface area contributed by atoms with E-state index in [0.29, 0.717) is 12.8 Å². The number of aliphatic hydroxyl groups is 1. The van der Waals surface area contributed by atoms with E-state index >= 15 is 0 Å². The number of allylic oxidation sites excluding steroid dienone is 17. The summed E-state index contributed by atoms with van der Waals surface area (Å²) < 4.78 is 32.5. The first-order chi connectivity index (χ1) is 26.3. The summed E-state index contributed by atoms with van der Waals surface area (Å²) in [6, 6.07) is -1.11. The van der Waals surface area contributed by atoms with Gasteiger partial charge in [-0.3, -0.25) is 9.35 Å². The predicted octanol–water partition coefficient (Wildman–Crippen LogP) is 12.7. The monoisotopic (exact) mass is 768 g/mol. The van der Waals surface area contributed by atoms with Gasteiger partial charge in [-0.05, 0) is 96.3 Å². The van der Waals surface area contributed by atoms with E-state index in [1.54, 1.807) is 6.08 Å². The van der Waals surface area contributed by atoms with Crippen molar-refractivity contribution >= 4 is 16.0 Å². The van der Waals surface area contributed by atoms with Crippen molar-refractivity contribution in [2.24, 2.45) is 0 Å². The van der Waals surface area contributed by atoms with Gasteiger partial charge >= 0.3 is 0 Å². The molecule has 2 atom stereocenters. The molecule has 6 nitrogen and oxygen atoms in total. The molecule has 0 bridgehead atoms. The molecule has 0 aromatic carbocycles. The van der Waals surface area contributed by atoms with E-state index in [0.717, 1.165) is 77.0 Å². The molecule has 0 aliphatic carbocycles. The summed E-state index contributed by atoms with van der Waals surface area (Å²) in [6.07, 6.45) is 60.7. The van der Waals surface area contributed by atoms with Crippen LogP contribution in [0.1, 0.15) is 162 Å². The molecule has 54 heavy (non-hydrogen) atoms. The first-order valence-electron chi connectivity index (χ1n) is 21.1. The number of hydrogen-bond donors (Lipinski definition) is 3. The Morgan fingerprint density at radius 1 is 0.519 bits per heavy atom. The van der Waals surface area contributed by atoms with E-state index in [9.17, 15) is 22.9 Å². The van der Waals surface area contributed by atoms with Crippen molar-refractivity contribution in [3.05, 3.63) is 109 Å². The molecule has 1 amide bonds. The molecular weight excluding hydrogens is 691 g/mol. The van der Waals surface area contributed by atoms with Crippen molar-refractivity contribution in [2.75, 3.05) is 5.75 Å². The molecule has 0 aliphatic heterocycles. The minimum atomic E-state index is -4.38. The summed E-state index contributed by atoms with van der Waals surface area (Å²) in [5.41, 5.74) is 0. The quantitative estimate of drug-likeness (QED) is 0.0335. The third kappa shape index (κ3) is 40.2. The minimum Gasteiger partial charge on any atom is -0.387 e. The van der Waals surface area contributed by atoms with E-state index in [1.807, 2.05) is 0 Å². The SMILES string of the molecule is CC/C=C\C/C=C\C/C=C\C/C=C\C/C=C\C/C=C\CCCCC(=O)NC(CS(=O)(=O)O)C(O)/C=C/CC/C=C/CC/C=C/CCCCCCCCCC. The fourth-order valence-corrected chi connectivity index (χ4v) is 6.28. The highest BCUT2D eigenvalue weighted by molar-refractivity contribution is 7.85. The topological polar surface area (TPSA) is 104 Å². The maximum Gasteiger partial charge on any atom is 0.267 e. The van der Waals surface area contributed by atoms with Crippen LogP contribution < -0.4 is 5.32 Å². The standard InChI is InChI=1S/C47H77NO5S/c1-3-5-7-9-11-13-15-17-19-21-23-24-25-27-29-31-33-35-37-39-41-43-47(50)48-45(44-54(51,52)53)46(49)42-40-38-36-34-32-30-28-26-22-20-18-16-14-12-10-8-6-4-2/h5,7,11,13,17,19,22-24,26-27,29,32-35,40,42,45-46,49H,3-4,6,8-10,12,14-16,18,20-21,25,28,30-31,36-39,41,43-44H2,1-2H3,(H,48,50)(H,51,52,53)/b7-5-,13-11-,19-17-,24-23-,26-22+,29-27-,34-32+,35-33-,42-40+. The summed E-state index contributed by atoms with van der Waals surface area (Å²) in [7, 11) is -4.38. The zero-order chi connectivity index (χ0) is 39.6. The molecule has 7 heteroatoms. The summed E-state index contributed by atoms with van der Waals surface area (Å²) in [5, 5.41) is 13.2. The van der Waals surface area contributed by atoms with Crippen molar-refractivity contribution in [3.63, 3.8) is 0 Å². The highest BCUT2D eigenvalue weighted by atomic mass is 32.2. The fourth-order valence-electron chi connectivity index (χ4n) is 5.54. The summed E-state index contributed by atoms with van der Waals surface area (Å²) >= 11 is 0. The summed E-state index contributed by atoms with van der Waals surface area (Å²) in [6.45, 7) is 4.40. The Bertz CT molecular complexity index is 1250. The second-order valence-corrected chi connectivity index (χ2v) is 15.4. The molecule has 0 saturated heterocycles. The maximum atomic E-state index is 12.5. The van der Waals surface area contributed by atoms with Crippen molar-refractivity contribution in [1.82, 2.24) is 5.32 Å². The number of carbonyl (C=O) groups excluding carboxylic acids is 1. The van der Waals surface area contributed by atoms with Crippen LogP contribution in [0.2, 0.25) is 0 Å². The first kappa shape index (κ1) is 51.0. The molecule has 0 aromatic heterocycles. The van der Waals surface area contributed by atoms with E-state index in [4.69, 9.17) is 0 Å². The van der Waals surface area contributed by atoms with Crippen LogP contribution in [-0.4, -0.2) is 41.9 Å². The Morgan fingerprint density at radius 2 is 0.907 bits per heavy atom. The molecular formula is C47H77NO5S. The Morgan fingerprint density at radius 3 is 1.39 bits per heavy atom. The van der Waals surface area contributed by atoms with Crippen LogP contribution in [0.5, 0.6) is 0 Å². The van der Waals surface area contributed by atoms with Crippen molar-refractivity contribution in [1.29, 1.82) is 0 Å². The Kier molecular flexibility index (Phi) is 37.5. The van der Waals surface area contributed by atoms with Crippen LogP contribution >= 0.6 is 0 Å². The van der Waals surface area contributed by atoms with Gasteiger partial charge in [0, 0.05) is 6.42 Å². The van der Waals surface area contributed by atoms with Crippen LogP contribution in [0.25, 0.3) is 0 Å². The lowest BCUT2D eigenvalue weighted by atomic mass is 10.1. The lowest BCUT2D eigenvalue weighted by molar-refractivity contribution is -0.122. The van der Waals surface area contributed by atoms with Crippen molar-refractivity contribution < 1.29 is 22.9 Å². The second-order valence-electron chi connectivity index (χ2n) is 13.9. The number of unbranched alkanes of at least 4 members (excludes halogenated alkanes) is 12. The van der Waals surface area contributed by atoms with E-state index in [1.165, 1.54) is 57.4 Å². The van der Waals surface area contributed by atoms with Crippen LogP contribution in [-0.2, 0) is 14.9 Å². The van der Waals surface area contributed by atoms with Gasteiger partial charge in [-0.2, -0.15) is 8.42 Å². The molecule has 0 radical (unpaired) electrons. The number of carbonyl (C=O) groups is 1.